The number of nitrogens with one attached hydrogen (secondary N) is 1. The molecule has 1 N–H and O–H groups in total. The fourth-order valence-electron chi connectivity index (χ4n) is 5.39. The molecule has 1 atom stereocenters. The van der Waals surface area contributed by atoms with Gasteiger partial charge in [-0.2, -0.15) is 0 Å². The number of piperazine rings is 1. The Morgan fingerprint density at radius 2 is 1.95 bits per heavy atom. The molecule has 1 saturated heterocycles. The van der Waals surface area contributed by atoms with Gasteiger partial charge >= 0.3 is 6.03 Å². The van der Waals surface area contributed by atoms with Crippen LogP contribution in [0.25, 0.3) is 5.65 Å². The van der Waals surface area contributed by atoms with E-state index in [4.69, 9.17) is 9.97 Å². The predicted octanol–water partition coefficient (Wildman–Crippen LogP) is 3.38. The molecule has 0 spiro atoms. The SMILES string of the molecule is CN(Cc1cn2c(N3CCN(C(=O)Nc4cccnc4)CC3)nccc2n1)C1CCCc2cccnc21. The molecule has 2 aliphatic rings. The second-order valence-electron chi connectivity index (χ2n) is 9.72. The number of anilines is 2. The number of hydrogen-bond acceptors (Lipinski definition) is 7. The van der Waals surface area contributed by atoms with Crippen LogP contribution in [-0.2, 0) is 13.0 Å². The Kier molecular flexibility index (Phi) is 6.40. The Balaban J connectivity index is 1.13. The number of aryl methyl sites for hydroxylation is 1. The van der Waals surface area contributed by atoms with Crippen LogP contribution in [0.1, 0.15) is 35.8 Å². The molecule has 10 nitrogen and oxygen atoms in total. The third kappa shape index (κ3) is 4.84. The summed E-state index contributed by atoms with van der Waals surface area (Å²) in [4.78, 5) is 37.4. The normalized spacial score (nSPS) is 17.7. The van der Waals surface area contributed by atoms with Crippen LogP contribution >= 0.6 is 0 Å². The minimum Gasteiger partial charge on any atom is -0.338 e. The lowest BCUT2D eigenvalue weighted by Crippen LogP contribution is -2.50. The fourth-order valence-corrected chi connectivity index (χ4v) is 5.39. The Morgan fingerprint density at radius 1 is 1.08 bits per heavy atom. The third-order valence-corrected chi connectivity index (χ3v) is 7.28. The molecule has 37 heavy (non-hydrogen) atoms. The Hall–Kier alpha value is -4.05. The van der Waals surface area contributed by atoms with E-state index in [9.17, 15) is 4.79 Å². The van der Waals surface area contributed by atoms with E-state index in [2.05, 4.69) is 48.8 Å². The molecule has 0 aromatic carbocycles. The van der Waals surface area contributed by atoms with Crippen molar-refractivity contribution in [3.8, 4) is 0 Å². The zero-order chi connectivity index (χ0) is 25.2. The largest absolute Gasteiger partial charge is 0.338 e. The fraction of sp³-hybridized carbons (Fsp3) is 0.370. The van der Waals surface area contributed by atoms with Crippen molar-refractivity contribution in [3.63, 3.8) is 0 Å². The molecule has 1 aliphatic carbocycles. The van der Waals surface area contributed by atoms with Crippen molar-refractivity contribution in [2.24, 2.45) is 0 Å². The number of fused-ring (bicyclic) bond motifs is 2. The zero-order valence-corrected chi connectivity index (χ0v) is 21.0. The van der Waals surface area contributed by atoms with Crippen LogP contribution in [0, 0.1) is 0 Å². The highest BCUT2D eigenvalue weighted by molar-refractivity contribution is 5.89. The lowest BCUT2D eigenvalue weighted by Gasteiger charge is -2.35. The number of aromatic nitrogens is 5. The second kappa shape index (κ2) is 10.1. The average Bonchev–Trinajstić information content (AvgIpc) is 3.36. The number of hydrogen-bond donors (Lipinski definition) is 1. The van der Waals surface area contributed by atoms with Crippen molar-refractivity contribution >= 4 is 23.3 Å². The number of pyridine rings is 2. The first-order valence-corrected chi connectivity index (χ1v) is 12.8. The van der Waals surface area contributed by atoms with Gasteiger partial charge in [-0.3, -0.25) is 19.3 Å². The summed E-state index contributed by atoms with van der Waals surface area (Å²) in [6, 6.07) is 10.0. The lowest BCUT2D eigenvalue weighted by molar-refractivity contribution is 0.206. The van der Waals surface area contributed by atoms with Gasteiger partial charge in [0.05, 0.1) is 29.3 Å². The molecule has 4 aromatic heterocycles. The molecule has 5 heterocycles. The highest BCUT2D eigenvalue weighted by Crippen LogP contribution is 2.32. The summed E-state index contributed by atoms with van der Waals surface area (Å²) >= 11 is 0. The van der Waals surface area contributed by atoms with Crippen LogP contribution in [0.4, 0.5) is 16.4 Å². The van der Waals surface area contributed by atoms with Crippen LogP contribution < -0.4 is 10.2 Å². The van der Waals surface area contributed by atoms with E-state index >= 15 is 0 Å². The molecule has 6 rings (SSSR count). The predicted molar refractivity (Wildman–Crippen MR) is 141 cm³/mol. The molecular formula is C27H31N9O. The number of carbonyl (C=O) groups excluding carboxylic acids is 1. The van der Waals surface area contributed by atoms with Gasteiger partial charge in [0.25, 0.3) is 0 Å². The van der Waals surface area contributed by atoms with Crippen LogP contribution in [0.15, 0.2) is 61.3 Å². The number of nitrogens with zero attached hydrogens (tertiary/aromatic N) is 8. The monoisotopic (exact) mass is 497 g/mol. The maximum Gasteiger partial charge on any atom is 0.322 e. The molecule has 10 heteroatoms. The van der Waals surface area contributed by atoms with E-state index < -0.39 is 0 Å². The third-order valence-electron chi connectivity index (χ3n) is 7.28. The van der Waals surface area contributed by atoms with E-state index in [1.165, 1.54) is 17.7 Å². The summed E-state index contributed by atoms with van der Waals surface area (Å²) in [5.74, 6) is 0.857. The van der Waals surface area contributed by atoms with Crippen molar-refractivity contribution in [3.05, 3.63) is 78.3 Å². The van der Waals surface area contributed by atoms with Gasteiger partial charge in [0.2, 0.25) is 5.95 Å². The van der Waals surface area contributed by atoms with Crippen molar-refractivity contribution < 1.29 is 4.79 Å². The number of rotatable bonds is 5. The minimum absolute atomic E-state index is 0.106. The Morgan fingerprint density at radius 3 is 2.78 bits per heavy atom. The van der Waals surface area contributed by atoms with E-state index in [1.54, 1.807) is 12.4 Å². The highest BCUT2D eigenvalue weighted by Gasteiger charge is 2.26. The number of urea groups is 1. The van der Waals surface area contributed by atoms with Gasteiger partial charge in [-0.05, 0) is 56.1 Å². The molecule has 1 aliphatic heterocycles. The molecule has 0 saturated carbocycles. The Bertz CT molecular complexity index is 1380. The summed E-state index contributed by atoms with van der Waals surface area (Å²) in [5, 5.41) is 2.92. The van der Waals surface area contributed by atoms with Crippen molar-refractivity contribution in [1.82, 2.24) is 34.1 Å². The lowest BCUT2D eigenvalue weighted by atomic mass is 9.91. The Labute approximate surface area is 216 Å². The first-order valence-electron chi connectivity index (χ1n) is 12.8. The standard InChI is InChI=1S/C27H31N9O/c1-33(23-8-2-5-20-6-3-11-29-25(20)23)18-22-19-36-24(31-22)9-12-30-26(36)34-13-15-35(16-14-34)27(37)32-21-7-4-10-28-17-21/h3-4,6-7,9-12,17,19,23H,2,5,8,13-16,18H2,1H3,(H,32,37). The molecule has 0 bridgehead atoms. The summed E-state index contributed by atoms with van der Waals surface area (Å²) in [6.45, 7) is 3.37. The maximum atomic E-state index is 12.7. The molecule has 190 valence electrons. The summed E-state index contributed by atoms with van der Waals surface area (Å²) in [6.07, 6.45) is 12.5. The van der Waals surface area contributed by atoms with E-state index in [0.29, 0.717) is 37.9 Å². The highest BCUT2D eigenvalue weighted by atomic mass is 16.2. The first-order chi connectivity index (χ1) is 18.2. The van der Waals surface area contributed by atoms with Crippen LogP contribution in [-0.4, -0.2) is 73.4 Å². The average molecular weight is 498 g/mol. The molecule has 1 fully saturated rings. The van der Waals surface area contributed by atoms with Gasteiger partial charge in [-0.1, -0.05) is 6.07 Å². The topological polar surface area (TPSA) is 94.8 Å². The van der Waals surface area contributed by atoms with E-state index in [0.717, 1.165) is 36.7 Å². The number of carbonyl (C=O) groups is 1. The zero-order valence-electron chi connectivity index (χ0n) is 21.0. The summed E-state index contributed by atoms with van der Waals surface area (Å²) in [5.41, 5.74) is 5.15. The summed E-state index contributed by atoms with van der Waals surface area (Å²) in [7, 11) is 2.16. The van der Waals surface area contributed by atoms with Gasteiger partial charge < -0.3 is 15.1 Å². The van der Waals surface area contributed by atoms with Gasteiger partial charge in [0, 0.05) is 57.5 Å². The van der Waals surface area contributed by atoms with Crippen molar-refractivity contribution in [1.29, 1.82) is 0 Å². The minimum atomic E-state index is -0.106. The van der Waals surface area contributed by atoms with E-state index in [1.807, 2.05) is 41.6 Å². The van der Waals surface area contributed by atoms with Crippen molar-refractivity contribution in [2.75, 3.05) is 43.4 Å². The number of imidazole rings is 1. The molecule has 1 unspecified atom stereocenters. The van der Waals surface area contributed by atoms with Crippen molar-refractivity contribution in [2.45, 2.75) is 31.8 Å². The number of amides is 2. The van der Waals surface area contributed by atoms with Gasteiger partial charge in [-0.25, -0.2) is 14.8 Å². The van der Waals surface area contributed by atoms with Crippen LogP contribution in [0.3, 0.4) is 0 Å². The van der Waals surface area contributed by atoms with Crippen LogP contribution in [0.5, 0.6) is 0 Å². The van der Waals surface area contributed by atoms with Gasteiger partial charge in [-0.15, -0.1) is 0 Å². The molecular weight excluding hydrogens is 466 g/mol. The summed E-state index contributed by atoms with van der Waals surface area (Å²) < 4.78 is 2.07. The first kappa shape index (κ1) is 23.4. The quantitative estimate of drug-likeness (QED) is 0.452. The molecule has 4 aromatic rings. The molecule has 0 radical (unpaired) electrons. The van der Waals surface area contributed by atoms with E-state index in [-0.39, 0.29) is 6.03 Å². The van der Waals surface area contributed by atoms with Gasteiger partial charge in [0.1, 0.15) is 5.65 Å². The maximum absolute atomic E-state index is 12.7. The molecule has 2 amide bonds. The van der Waals surface area contributed by atoms with Gasteiger partial charge in [0.15, 0.2) is 0 Å². The van der Waals surface area contributed by atoms with Crippen LogP contribution in [0.2, 0.25) is 0 Å². The second-order valence-corrected chi connectivity index (χ2v) is 9.72. The smallest absolute Gasteiger partial charge is 0.322 e.